The van der Waals surface area contributed by atoms with Gasteiger partial charge in [-0.2, -0.15) is 0 Å². The molecule has 0 saturated carbocycles. The van der Waals surface area contributed by atoms with E-state index < -0.39 is 10.0 Å². The topological polar surface area (TPSA) is 66.5 Å². The second-order valence-corrected chi connectivity index (χ2v) is 10.2. The second kappa shape index (κ2) is 7.76. The highest BCUT2D eigenvalue weighted by Crippen LogP contribution is 2.32. The van der Waals surface area contributed by atoms with Gasteiger partial charge in [0.15, 0.2) is 0 Å². The third-order valence-electron chi connectivity index (χ3n) is 4.46. The van der Waals surface area contributed by atoms with Gasteiger partial charge in [-0.25, -0.2) is 8.42 Å². The minimum absolute atomic E-state index is 0.0879. The van der Waals surface area contributed by atoms with Crippen LogP contribution in [0.15, 0.2) is 35.2 Å². The summed E-state index contributed by atoms with van der Waals surface area (Å²) in [6.07, 6.45) is 0. The van der Waals surface area contributed by atoms with Crippen molar-refractivity contribution < 1.29 is 13.2 Å². The Morgan fingerprint density at radius 2 is 1.57 bits per heavy atom. The lowest BCUT2D eigenvalue weighted by Crippen LogP contribution is -2.22. The van der Waals surface area contributed by atoms with Gasteiger partial charge < -0.3 is 4.90 Å². The number of hydrogen-bond donors (Lipinski definition) is 1. The Morgan fingerprint density at radius 1 is 1.04 bits per heavy atom. The molecule has 0 saturated heterocycles. The van der Waals surface area contributed by atoms with Crippen LogP contribution in [0.1, 0.15) is 47.8 Å². The first-order valence-corrected chi connectivity index (χ1v) is 10.8. The molecule has 1 N–H and O–H groups in total. The number of hydrogen-bond acceptors (Lipinski definition) is 3. The molecule has 0 bridgehead atoms. The van der Waals surface area contributed by atoms with Gasteiger partial charge in [-0.05, 0) is 54.2 Å². The van der Waals surface area contributed by atoms with Crippen molar-refractivity contribution in [1.82, 2.24) is 4.90 Å². The maximum absolute atomic E-state index is 13.1. The van der Waals surface area contributed by atoms with E-state index in [1.165, 1.54) is 17.0 Å². The molecule has 28 heavy (non-hydrogen) atoms. The SMILES string of the molecule is Cc1cc(C(C)(C)C)cc(C)c1S(=O)(=O)Nc1cc(C(=O)N(C)C)ccc1Cl. The first-order valence-electron chi connectivity index (χ1n) is 8.90. The van der Waals surface area contributed by atoms with Crippen LogP contribution in [0.25, 0.3) is 0 Å². The van der Waals surface area contributed by atoms with Gasteiger partial charge in [-0.3, -0.25) is 9.52 Å². The van der Waals surface area contributed by atoms with E-state index in [4.69, 9.17) is 11.6 Å². The third-order valence-corrected chi connectivity index (χ3v) is 6.46. The van der Waals surface area contributed by atoms with Crippen LogP contribution in [0.5, 0.6) is 0 Å². The van der Waals surface area contributed by atoms with Gasteiger partial charge in [0.2, 0.25) is 0 Å². The van der Waals surface area contributed by atoms with Crippen molar-refractivity contribution in [2.75, 3.05) is 18.8 Å². The van der Waals surface area contributed by atoms with Gasteiger partial charge in [0, 0.05) is 19.7 Å². The van der Waals surface area contributed by atoms with E-state index in [0.29, 0.717) is 16.7 Å². The highest BCUT2D eigenvalue weighted by molar-refractivity contribution is 7.92. The largest absolute Gasteiger partial charge is 0.345 e. The zero-order valence-electron chi connectivity index (χ0n) is 17.3. The summed E-state index contributed by atoms with van der Waals surface area (Å²) in [6.45, 7) is 9.82. The van der Waals surface area contributed by atoms with Crippen LogP contribution in [0, 0.1) is 13.8 Å². The molecule has 0 radical (unpaired) electrons. The summed E-state index contributed by atoms with van der Waals surface area (Å²) in [5, 5.41) is 0.223. The highest BCUT2D eigenvalue weighted by Gasteiger charge is 2.24. The maximum Gasteiger partial charge on any atom is 0.262 e. The summed E-state index contributed by atoms with van der Waals surface area (Å²) in [6, 6.07) is 8.33. The lowest BCUT2D eigenvalue weighted by molar-refractivity contribution is 0.0827. The number of rotatable bonds is 4. The summed E-state index contributed by atoms with van der Waals surface area (Å²) in [7, 11) is -0.623. The van der Waals surface area contributed by atoms with Crippen molar-refractivity contribution in [2.24, 2.45) is 0 Å². The lowest BCUT2D eigenvalue weighted by atomic mass is 9.85. The van der Waals surface area contributed by atoms with Crippen LogP contribution in [-0.4, -0.2) is 33.3 Å². The molecule has 2 aromatic carbocycles. The van der Waals surface area contributed by atoms with Crippen molar-refractivity contribution in [3.8, 4) is 0 Å². The number of sulfonamides is 1. The molecule has 0 aliphatic rings. The van der Waals surface area contributed by atoms with Crippen LogP contribution in [-0.2, 0) is 15.4 Å². The first kappa shape index (κ1) is 22.2. The number of anilines is 1. The predicted molar refractivity (Wildman–Crippen MR) is 115 cm³/mol. The number of benzene rings is 2. The Morgan fingerprint density at radius 3 is 2.04 bits per heavy atom. The fourth-order valence-electron chi connectivity index (χ4n) is 3.00. The Labute approximate surface area is 172 Å². The normalized spacial score (nSPS) is 12.0. The molecule has 0 atom stereocenters. The number of carbonyl (C=O) groups excluding carboxylic acids is 1. The number of nitrogens with zero attached hydrogens (tertiary/aromatic N) is 1. The van der Waals surface area contributed by atoms with Crippen molar-refractivity contribution in [3.63, 3.8) is 0 Å². The Balaban J connectivity index is 2.50. The summed E-state index contributed by atoms with van der Waals surface area (Å²) in [5.74, 6) is -0.237. The molecule has 152 valence electrons. The summed E-state index contributed by atoms with van der Waals surface area (Å²) < 4.78 is 28.8. The molecule has 7 heteroatoms. The maximum atomic E-state index is 13.1. The Hall–Kier alpha value is -2.05. The van der Waals surface area contributed by atoms with Gasteiger partial charge in [-0.15, -0.1) is 0 Å². The van der Waals surface area contributed by atoms with E-state index in [-0.39, 0.29) is 26.9 Å². The van der Waals surface area contributed by atoms with E-state index in [2.05, 4.69) is 25.5 Å². The molecule has 0 unspecified atom stereocenters. The van der Waals surface area contributed by atoms with Gasteiger partial charge in [-0.1, -0.05) is 44.5 Å². The van der Waals surface area contributed by atoms with Gasteiger partial charge in [0.1, 0.15) is 0 Å². The minimum atomic E-state index is -3.88. The zero-order chi connectivity index (χ0) is 21.4. The van der Waals surface area contributed by atoms with Crippen LogP contribution < -0.4 is 4.72 Å². The molecule has 0 heterocycles. The minimum Gasteiger partial charge on any atom is -0.345 e. The number of halogens is 1. The highest BCUT2D eigenvalue weighted by atomic mass is 35.5. The molecular weight excluding hydrogens is 396 g/mol. The fourth-order valence-corrected chi connectivity index (χ4v) is 4.74. The average molecular weight is 423 g/mol. The molecule has 0 aliphatic carbocycles. The van der Waals surface area contributed by atoms with E-state index in [1.807, 2.05) is 12.1 Å². The predicted octanol–water partition coefficient (Wildman–Crippen LogP) is 4.76. The molecule has 0 aromatic heterocycles. The Kier molecular flexibility index (Phi) is 6.16. The smallest absolute Gasteiger partial charge is 0.262 e. The van der Waals surface area contributed by atoms with Crippen LogP contribution in [0.4, 0.5) is 5.69 Å². The molecule has 0 fully saturated rings. The van der Waals surface area contributed by atoms with E-state index >= 15 is 0 Å². The molecule has 5 nitrogen and oxygen atoms in total. The van der Waals surface area contributed by atoms with Crippen molar-refractivity contribution >= 4 is 33.2 Å². The summed E-state index contributed by atoms with van der Waals surface area (Å²) in [5.41, 5.74) is 2.83. The standard InChI is InChI=1S/C21H27ClN2O3S/c1-13-10-16(21(3,4)5)11-14(2)19(13)28(26,27)23-18-12-15(8-9-17(18)22)20(25)24(6)7/h8-12,23H,1-7H3. The van der Waals surface area contributed by atoms with Crippen LogP contribution in [0.3, 0.4) is 0 Å². The molecule has 1 amide bonds. The molecule has 2 rings (SSSR count). The molecule has 0 spiro atoms. The summed E-state index contributed by atoms with van der Waals surface area (Å²) >= 11 is 6.19. The van der Waals surface area contributed by atoms with Crippen molar-refractivity contribution in [3.05, 3.63) is 57.6 Å². The molecule has 0 aliphatic heterocycles. The fraction of sp³-hybridized carbons (Fsp3) is 0.381. The van der Waals surface area contributed by atoms with Gasteiger partial charge in [0.05, 0.1) is 15.6 Å². The second-order valence-electron chi connectivity index (χ2n) is 8.19. The number of carbonyl (C=O) groups is 1. The number of amides is 1. The average Bonchev–Trinajstić information content (AvgIpc) is 2.54. The van der Waals surface area contributed by atoms with Gasteiger partial charge >= 0.3 is 0 Å². The van der Waals surface area contributed by atoms with E-state index in [1.54, 1.807) is 34.0 Å². The Bertz CT molecular complexity index is 999. The first-order chi connectivity index (χ1) is 12.7. The van der Waals surface area contributed by atoms with E-state index in [0.717, 1.165) is 5.56 Å². The quantitative estimate of drug-likeness (QED) is 0.772. The molecular formula is C21H27ClN2O3S. The lowest BCUT2D eigenvalue weighted by Gasteiger charge is -2.22. The molecule has 2 aromatic rings. The number of nitrogens with one attached hydrogen (secondary N) is 1. The monoisotopic (exact) mass is 422 g/mol. The third kappa shape index (κ3) is 4.67. The van der Waals surface area contributed by atoms with E-state index in [9.17, 15) is 13.2 Å². The van der Waals surface area contributed by atoms with Crippen LogP contribution >= 0.6 is 11.6 Å². The van der Waals surface area contributed by atoms with Gasteiger partial charge in [0.25, 0.3) is 15.9 Å². The summed E-state index contributed by atoms with van der Waals surface area (Å²) in [4.78, 5) is 13.8. The zero-order valence-corrected chi connectivity index (χ0v) is 18.9. The number of aryl methyl sites for hydroxylation is 2. The van der Waals surface area contributed by atoms with Crippen molar-refractivity contribution in [1.29, 1.82) is 0 Å². The van der Waals surface area contributed by atoms with Crippen LogP contribution in [0.2, 0.25) is 5.02 Å². The van der Waals surface area contributed by atoms with Crippen molar-refractivity contribution in [2.45, 2.75) is 44.9 Å².